The minimum atomic E-state index is -0.358. The number of aromatic nitrogens is 2. The van der Waals surface area contributed by atoms with Gasteiger partial charge in [0.05, 0.1) is 22.3 Å². The predicted octanol–water partition coefficient (Wildman–Crippen LogP) is 2.72. The van der Waals surface area contributed by atoms with E-state index in [0.717, 1.165) is 4.47 Å². The van der Waals surface area contributed by atoms with Crippen molar-refractivity contribution in [1.82, 2.24) is 9.78 Å². The van der Waals surface area contributed by atoms with Gasteiger partial charge in [0.25, 0.3) is 5.91 Å². The number of hydrogen-bond acceptors (Lipinski definition) is 3. The summed E-state index contributed by atoms with van der Waals surface area (Å²) in [6.07, 6.45) is 1.50. The molecule has 8 heteroatoms. The van der Waals surface area contributed by atoms with Crippen LogP contribution in [-0.2, 0) is 7.05 Å². The van der Waals surface area contributed by atoms with Gasteiger partial charge in [-0.1, -0.05) is 39.7 Å². The molecule has 1 aromatic carbocycles. The lowest BCUT2D eigenvalue weighted by Crippen LogP contribution is -2.19. The van der Waals surface area contributed by atoms with Crippen LogP contribution in [0.4, 0.5) is 5.82 Å². The first-order valence-electron chi connectivity index (χ1n) is 5.48. The molecule has 3 N–H and O–H groups in total. The van der Waals surface area contributed by atoms with Crippen molar-refractivity contribution in [3.05, 3.63) is 45.0 Å². The maximum absolute atomic E-state index is 12.2. The van der Waals surface area contributed by atoms with E-state index < -0.39 is 0 Å². The largest absolute Gasteiger partial charge is 0.389 e. The number of benzene rings is 1. The minimum absolute atomic E-state index is 0.162. The molecule has 0 aliphatic rings. The van der Waals surface area contributed by atoms with Crippen LogP contribution in [0.5, 0.6) is 0 Å². The summed E-state index contributed by atoms with van der Waals surface area (Å²) in [6, 6.07) is 5.01. The highest BCUT2D eigenvalue weighted by atomic mass is 79.9. The van der Waals surface area contributed by atoms with E-state index in [9.17, 15) is 4.79 Å². The quantitative estimate of drug-likeness (QED) is 0.811. The lowest BCUT2D eigenvalue weighted by Gasteiger charge is -2.09. The standard InChI is InChI=1S/C12H10BrClN4OS/c1-18-11(8(5-16-18)10(15)20)17-12(19)7-3-2-6(13)4-9(7)14/h2-5H,1H3,(H2,15,20)(H,17,19). The lowest BCUT2D eigenvalue weighted by atomic mass is 10.2. The Balaban J connectivity index is 2.33. The molecule has 0 unspecified atom stereocenters. The van der Waals surface area contributed by atoms with Crippen LogP contribution in [0, 0.1) is 0 Å². The molecule has 0 spiro atoms. The normalized spacial score (nSPS) is 10.3. The number of anilines is 1. The monoisotopic (exact) mass is 372 g/mol. The van der Waals surface area contributed by atoms with Crippen LogP contribution in [-0.4, -0.2) is 20.7 Å². The molecule has 5 nitrogen and oxygen atoms in total. The van der Waals surface area contributed by atoms with Crippen molar-refractivity contribution in [2.75, 3.05) is 5.32 Å². The van der Waals surface area contributed by atoms with Gasteiger partial charge in [-0.25, -0.2) is 0 Å². The summed E-state index contributed by atoms with van der Waals surface area (Å²) in [5, 5.41) is 7.07. The van der Waals surface area contributed by atoms with Crippen LogP contribution >= 0.6 is 39.7 Å². The molecule has 1 amide bonds. The Morgan fingerprint density at radius 1 is 1.50 bits per heavy atom. The van der Waals surface area contributed by atoms with E-state index in [1.54, 1.807) is 25.2 Å². The van der Waals surface area contributed by atoms with E-state index in [4.69, 9.17) is 29.6 Å². The van der Waals surface area contributed by atoms with Gasteiger partial charge in [0.15, 0.2) is 0 Å². The summed E-state index contributed by atoms with van der Waals surface area (Å²) >= 11 is 14.2. The zero-order valence-electron chi connectivity index (χ0n) is 10.4. The van der Waals surface area contributed by atoms with Gasteiger partial charge in [-0.3, -0.25) is 9.48 Å². The van der Waals surface area contributed by atoms with Crippen molar-refractivity contribution in [3.63, 3.8) is 0 Å². The van der Waals surface area contributed by atoms with Crippen LogP contribution in [0.2, 0.25) is 5.02 Å². The summed E-state index contributed by atoms with van der Waals surface area (Å²) in [7, 11) is 1.68. The molecule has 0 atom stereocenters. The van der Waals surface area contributed by atoms with Gasteiger partial charge in [0.1, 0.15) is 10.8 Å². The molecule has 2 rings (SSSR count). The number of rotatable bonds is 3. The highest BCUT2D eigenvalue weighted by molar-refractivity contribution is 9.10. The van der Waals surface area contributed by atoms with Crippen LogP contribution in [0.1, 0.15) is 15.9 Å². The van der Waals surface area contributed by atoms with Gasteiger partial charge in [0, 0.05) is 11.5 Å². The SMILES string of the molecule is Cn1ncc(C(N)=S)c1NC(=O)c1ccc(Br)cc1Cl. The number of nitrogens with zero attached hydrogens (tertiary/aromatic N) is 2. The maximum atomic E-state index is 12.2. The third-order valence-electron chi connectivity index (χ3n) is 2.61. The fourth-order valence-electron chi connectivity index (χ4n) is 1.61. The molecule has 1 heterocycles. The zero-order chi connectivity index (χ0) is 14.9. The van der Waals surface area contributed by atoms with Gasteiger partial charge >= 0.3 is 0 Å². The van der Waals surface area contributed by atoms with Gasteiger partial charge < -0.3 is 11.1 Å². The third-order valence-corrected chi connectivity index (χ3v) is 3.64. The first-order valence-corrected chi connectivity index (χ1v) is 7.06. The number of aryl methyl sites for hydroxylation is 1. The Labute approximate surface area is 134 Å². The van der Waals surface area contributed by atoms with Crippen molar-refractivity contribution < 1.29 is 4.79 Å². The maximum Gasteiger partial charge on any atom is 0.258 e. The van der Waals surface area contributed by atoms with E-state index in [-0.39, 0.29) is 10.9 Å². The number of thiocarbonyl (C=S) groups is 1. The number of carbonyl (C=O) groups is 1. The second-order valence-electron chi connectivity index (χ2n) is 3.97. The Hall–Kier alpha value is -1.44. The number of hydrogen-bond donors (Lipinski definition) is 2. The molecule has 1 aromatic heterocycles. The topological polar surface area (TPSA) is 72.9 Å². The smallest absolute Gasteiger partial charge is 0.258 e. The third kappa shape index (κ3) is 3.00. The molecule has 0 bridgehead atoms. The number of nitrogens with two attached hydrogens (primary N) is 1. The molecular formula is C12H10BrClN4OS. The highest BCUT2D eigenvalue weighted by Crippen LogP contribution is 2.23. The molecule has 0 fully saturated rings. The van der Waals surface area contributed by atoms with Gasteiger partial charge in [-0.15, -0.1) is 0 Å². The van der Waals surface area contributed by atoms with Crippen LogP contribution in [0.3, 0.4) is 0 Å². The van der Waals surface area contributed by atoms with Crippen molar-refractivity contribution in [3.8, 4) is 0 Å². The first kappa shape index (κ1) is 15.0. The molecule has 0 radical (unpaired) electrons. The second-order valence-corrected chi connectivity index (χ2v) is 5.74. The van der Waals surface area contributed by atoms with Crippen molar-refractivity contribution in [1.29, 1.82) is 0 Å². The number of carbonyl (C=O) groups excluding carboxylic acids is 1. The Kier molecular flexibility index (Phi) is 4.42. The van der Waals surface area contributed by atoms with Crippen LogP contribution in [0.25, 0.3) is 0 Å². The van der Waals surface area contributed by atoms with E-state index >= 15 is 0 Å². The fourth-order valence-corrected chi connectivity index (χ4v) is 2.52. The number of nitrogens with one attached hydrogen (secondary N) is 1. The van der Waals surface area contributed by atoms with Gasteiger partial charge in [-0.2, -0.15) is 5.10 Å². The van der Waals surface area contributed by atoms with Crippen molar-refractivity contribution >= 4 is 56.5 Å². The molecule has 104 valence electrons. The minimum Gasteiger partial charge on any atom is -0.389 e. The zero-order valence-corrected chi connectivity index (χ0v) is 13.5. The summed E-state index contributed by atoms with van der Waals surface area (Å²) in [5.41, 5.74) is 6.44. The predicted molar refractivity (Wildman–Crippen MR) is 86.2 cm³/mol. The summed E-state index contributed by atoms with van der Waals surface area (Å²) < 4.78 is 2.28. The average molecular weight is 374 g/mol. The molecule has 0 saturated carbocycles. The average Bonchev–Trinajstić information content (AvgIpc) is 2.71. The van der Waals surface area contributed by atoms with E-state index in [2.05, 4.69) is 26.3 Å². The fraction of sp³-hybridized carbons (Fsp3) is 0.0833. The Bertz CT molecular complexity index is 701. The van der Waals surface area contributed by atoms with Crippen molar-refractivity contribution in [2.45, 2.75) is 0 Å². The van der Waals surface area contributed by atoms with E-state index in [1.165, 1.54) is 10.9 Å². The molecule has 0 aliphatic heterocycles. The summed E-state index contributed by atoms with van der Waals surface area (Å²) in [4.78, 5) is 12.4. The lowest BCUT2D eigenvalue weighted by molar-refractivity contribution is 0.102. The van der Waals surface area contributed by atoms with Crippen LogP contribution < -0.4 is 11.1 Å². The molecule has 0 aliphatic carbocycles. The Morgan fingerprint density at radius 2 is 2.20 bits per heavy atom. The molecule has 0 saturated heterocycles. The summed E-state index contributed by atoms with van der Waals surface area (Å²) in [5.74, 6) is 0.0742. The Morgan fingerprint density at radius 3 is 2.80 bits per heavy atom. The number of amides is 1. The van der Waals surface area contributed by atoms with E-state index in [1.807, 2.05) is 0 Å². The second kappa shape index (κ2) is 5.90. The van der Waals surface area contributed by atoms with Gasteiger partial charge in [-0.05, 0) is 18.2 Å². The van der Waals surface area contributed by atoms with Crippen molar-refractivity contribution in [2.24, 2.45) is 12.8 Å². The first-order chi connectivity index (χ1) is 9.40. The number of halogens is 2. The molecular weight excluding hydrogens is 364 g/mol. The molecule has 2 aromatic rings. The summed E-state index contributed by atoms with van der Waals surface area (Å²) in [6.45, 7) is 0. The molecule has 20 heavy (non-hydrogen) atoms. The van der Waals surface area contributed by atoms with Gasteiger partial charge in [0.2, 0.25) is 0 Å². The van der Waals surface area contributed by atoms with E-state index in [0.29, 0.717) is 22.0 Å². The highest BCUT2D eigenvalue weighted by Gasteiger charge is 2.16. The van der Waals surface area contributed by atoms with Crippen LogP contribution in [0.15, 0.2) is 28.9 Å².